The fourth-order valence-corrected chi connectivity index (χ4v) is 5.74. The maximum Gasteiger partial charge on any atom is 0.242 e. The van der Waals surface area contributed by atoms with Crippen LogP contribution < -0.4 is 0 Å². The predicted octanol–water partition coefficient (Wildman–Crippen LogP) is 5.06. The smallest absolute Gasteiger partial charge is 0.242 e. The van der Waals surface area contributed by atoms with Gasteiger partial charge in [0.2, 0.25) is 5.91 Å². The van der Waals surface area contributed by atoms with Gasteiger partial charge in [0.05, 0.1) is 10.6 Å². The maximum atomic E-state index is 13.4. The van der Waals surface area contributed by atoms with Crippen molar-refractivity contribution in [3.63, 3.8) is 0 Å². The molecule has 0 saturated heterocycles. The Balaban J connectivity index is 1.96. The average Bonchev–Trinajstić information content (AvgIpc) is 3.08. The van der Waals surface area contributed by atoms with Crippen LogP contribution in [0.25, 0.3) is 10.9 Å². The Morgan fingerprint density at radius 3 is 2.16 bits per heavy atom. The van der Waals surface area contributed by atoms with E-state index in [0.29, 0.717) is 30.3 Å². The molecular weight excluding hydrogens is 420 g/mol. The zero-order valence-electron chi connectivity index (χ0n) is 19.7. The van der Waals surface area contributed by atoms with Crippen LogP contribution in [0, 0.1) is 18.8 Å². The Hall–Kier alpha value is -2.60. The van der Waals surface area contributed by atoms with Gasteiger partial charge in [-0.2, -0.15) is 0 Å². The molecule has 172 valence electrons. The second-order valence-corrected chi connectivity index (χ2v) is 11.4. The number of benzene rings is 2. The first-order valence-electron chi connectivity index (χ1n) is 11.2. The molecule has 1 aromatic heterocycles. The number of amides is 1. The van der Waals surface area contributed by atoms with Gasteiger partial charge in [-0.25, -0.2) is 8.42 Å². The summed E-state index contributed by atoms with van der Waals surface area (Å²) in [5, 5.41) is 0.660. The summed E-state index contributed by atoms with van der Waals surface area (Å²) in [5.74, 6) is 0.679. The lowest BCUT2D eigenvalue weighted by Crippen LogP contribution is -2.38. The Bertz CT molecular complexity index is 1180. The standard InChI is InChI=1S/C26H34N2O3S/c1-19(2)14-28(15-20(3)4)26(29)17-27-16-25(23-12-8-9-13-24(23)27)32(30,31)18-22-11-7-6-10-21(22)5/h6-13,16,19-20H,14-15,17-18H2,1-5H3. The Kier molecular flexibility index (Phi) is 7.44. The van der Waals surface area contributed by atoms with Crippen molar-refractivity contribution in [1.29, 1.82) is 0 Å². The Morgan fingerprint density at radius 1 is 0.938 bits per heavy atom. The van der Waals surface area contributed by atoms with Crippen LogP contribution in [0.3, 0.4) is 0 Å². The largest absolute Gasteiger partial charge is 0.341 e. The second-order valence-electron chi connectivity index (χ2n) is 9.41. The van der Waals surface area contributed by atoms with E-state index in [1.165, 1.54) is 0 Å². The van der Waals surface area contributed by atoms with Gasteiger partial charge >= 0.3 is 0 Å². The van der Waals surface area contributed by atoms with Gasteiger partial charge in [-0.05, 0) is 36.0 Å². The highest BCUT2D eigenvalue weighted by Gasteiger charge is 2.24. The summed E-state index contributed by atoms with van der Waals surface area (Å²) in [6.07, 6.45) is 1.64. The first kappa shape index (κ1) is 24.1. The van der Waals surface area contributed by atoms with E-state index in [0.717, 1.165) is 16.6 Å². The Labute approximate surface area is 192 Å². The minimum Gasteiger partial charge on any atom is -0.341 e. The number of carbonyl (C=O) groups excluding carboxylic acids is 1. The van der Waals surface area contributed by atoms with Crippen LogP contribution >= 0.6 is 0 Å². The van der Waals surface area contributed by atoms with Gasteiger partial charge in [0.25, 0.3) is 0 Å². The molecule has 0 aliphatic rings. The lowest BCUT2D eigenvalue weighted by molar-refractivity contribution is -0.132. The highest BCUT2D eigenvalue weighted by atomic mass is 32.2. The number of nitrogens with zero attached hydrogens (tertiary/aromatic N) is 2. The zero-order valence-corrected chi connectivity index (χ0v) is 20.5. The highest BCUT2D eigenvalue weighted by Crippen LogP contribution is 2.29. The molecule has 1 heterocycles. The van der Waals surface area contributed by atoms with Crippen LogP contribution in [0.4, 0.5) is 0 Å². The fourth-order valence-electron chi connectivity index (χ4n) is 4.05. The third-order valence-electron chi connectivity index (χ3n) is 5.52. The van der Waals surface area contributed by atoms with Gasteiger partial charge in [0, 0.05) is 30.2 Å². The van der Waals surface area contributed by atoms with Crippen LogP contribution in [0.5, 0.6) is 0 Å². The molecular formula is C26H34N2O3S. The molecule has 0 unspecified atom stereocenters. The molecule has 0 spiro atoms. The molecule has 0 radical (unpaired) electrons. The third-order valence-corrected chi connectivity index (χ3v) is 7.21. The van der Waals surface area contributed by atoms with Gasteiger partial charge in [0.1, 0.15) is 6.54 Å². The number of hydrogen-bond acceptors (Lipinski definition) is 3. The van der Waals surface area contributed by atoms with Crippen molar-refractivity contribution in [1.82, 2.24) is 9.47 Å². The number of rotatable bonds is 9. The number of sulfone groups is 1. The molecule has 0 bridgehead atoms. The molecule has 3 aromatic rings. The lowest BCUT2D eigenvalue weighted by atomic mass is 10.1. The van der Waals surface area contributed by atoms with Gasteiger partial charge in [-0.1, -0.05) is 70.2 Å². The number of aryl methyl sites for hydroxylation is 1. The molecule has 3 rings (SSSR count). The first-order chi connectivity index (χ1) is 15.1. The topological polar surface area (TPSA) is 59.4 Å². The summed E-state index contributed by atoms with van der Waals surface area (Å²) in [5.41, 5.74) is 2.51. The number of hydrogen-bond donors (Lipinski definition) is 0. The van der Waals surface area contributed by atoms with E-state index in [1.807, 2.05) is 60.4 Å². The lowest BCUT2D eigenvalue weighted by Gasteiger charge is -2.26. The van der Waals surface area contributed by atoms with Gasteiger partial charge in [0.15, 0.2) is 9.84 Å². The van der Waals surface area contributed by atoms with E-state index < -0.39 is 9.84 Å². The second kappa shape index (κ2) is 9.90. The molecule has 0 N–H and O–H groups in total. The summed E-state index contributed by atoms with van der Waals surface area (Å²) in [6, 6.07) is 15.0. The van der Waals surface area contributed by atoms with Crippen molar-refractivity contribution < 1.29 is 13.2 Å². The predicted molar refractivity (Wildman–Crippen MR) is 130 cm³/mol. The highest BCUT2D eigenvalue weighted by molar-refractivity contribution is 7.90. The summed E-state index contributed by atoms with van der Waals surface area (Å²) < 4.78 is 28.6. The van der Waals surface area contributed by atoms with E-state index in [9.17, 15) is 13.2 Å². The van der Waals surface area contributed by atoms with Crippen LogP contribution in [-0.2, 0) is 26.9 Å². The molecule has 6 heteroatoms. The van der Waals surface area contributed by atoms with Crippen molar-refractivity contribution >= 4 is 26.6 Å². The van der Waals surface area contributed by atoms with Crippen molar-refractivity contribution in [3.8, 4) is 0 Å². The summed E-state index contributed by atoms with van der Waals surface area (Å²) in [6.45, 7) is 11.8. The normalized spacial score (nSPS) is 12.1. The average molecular weight is 455 g/mol. The van der Waals surface area contributed by atoms with Gasteiger partial charge < -0.3 is 9.47 Å². The van der Waals surface area contributed by atoms with E-state index in [2.05, 4.69) is 27.7 Å². The molecule has 0 atom stereocenters. The molecule has 1 amide bonds. The number of aromatic nitrogens is 1. The Morgan fingerprint density at radius 2 is 1.53 bits per heavy atom. The van der Waals surface area contributed by atoms with Crippen LogP contribution in [0.1, 0.15) is 38.8 Å². The maximum absolute atomic E-state index is 13.4. The third kappa shape index (κ3) is 5.60. The molecule has 0 fully saturated rings. The number of para-hydroxylation sites is 1. The minimum absolute atomic E-state index is 0.0102. The van der Waals surface area contributed by atoms with Crippen molar-refractivity contribution in [2.75, 3.05) is 13.1 Å². The van der Waals surface area contributed by atoms with E-state index in [1.54, 1.807) is 10.8 Å². The van der Waals surface area contributed by atoms with Crippen LogP contribution in [-0.4, -0.2) is 36.9 Å². The van der Waals surface area contributed by atoms with E-state index >= 15 is 0 Å². The number of carbonyl (C=O) groups is 1. The molecule has 32 heavy (non-hydrogen) atoms. The van der Waals surface area contributed by atoms with Crippen molar-refractivity contribution in [2.24, 2.45) is 11.8 Å². The summed E-state index contributed by atoms with van der Waals surface area (Å²) in [7, 11) is -3.58. The fraction of sp³-hybridized carbons (Fsp3) is 0.423. The quantitative estimate of drug-likeness (QED) is 0.454. The summed E-state index contributed by atoms with van der Waals surface area (Å²) >= 11 is 0. The van der Waals surface area contributed by atoms with Crippen molar-refractivity contribution in [2.45, 2.75) is 51.8 Å². The van der Waals surface area contributed by atoms with E-state index in [-0.39, 0.29) is 23.1 Å². The zero-order chi connectivity index (χ0) is 23.5. The molecule has 0 aliphatic carbocycles. The molecule has 0 aliphatic heterocycles. The van der Waals surface area contributed by atoms with Gasteiger partial charge in [-0.15, -0.1) is 0 Å². The molecule has 5 nitrogen and oxygen atoms in total. The minimum atomic E-state index is -3.58. The van der Waals surface area contributed by atoms with Gasteiger partial charge in [-0.3, -0.25) is 4.79 Å². The monoisotopic (exact) mass is 454 g/mol. The SMILES string of the molecule is Cc1ccccc1CS(=O)(=O)c1cn(CC(=O)N(CC(C)C)CC(C)C)c2ccccc12. The van der Waals surface area contributed by atoms with Crippen LogP contribution in [0.2, 0.25) is 0 Å². The number of fused-ring (bicyclic) bond motifs is 1. The van der Waals surface area contributed by atoms with Crippen LogP contribution in [0.15, 0.2) is 59.6 Å². The van der Waals surface area contributed by atoms with E-state index in [4.69, 9.17) is 0 Å². The van der Waals surface area contributed by atoms with Crippen molar-refractivity contribution in [3.05, 3.63) is 65.9 Å². The molecule has 0 saturated carbocycles. The first-order valence-corrected chi connectivity index (χ1v) is 12.9. The molecule has 2 aromatic carbocycles. The summed E-state index contributed by atoms with van der Waals surface area (Å²) in [4.78, 5) is 15.4.